The summed E-state index contributed by atoms with van der Waals surface area (Å²) in [6.07, 6.45) is 1.28. The molecule has 2 rings (SSSR count). The lowest BCUT2D eigenvalue weighted by Crippen LogP contribution is -2.20. The number of amides is 1. The summed E-state index contributed by atoms with van der Waals surface area (Å²) in [5.41, 5.74) is 1.16. The SMILES string of the molecule is COc1cc(/C=N/O)cc(I)c1OCC(=O)Nc1ccccc1Cl. The molecule has 2 aromatic carbocycles. The van der Waals surface area contributed by atoms with Gasteiger partial charge in [0.15, 0.2) is 18.1 Å². The average Bonchev–Trinajstić information content (AvgIpc) is 2.56. The molecule has 126 valence electrons. The zero-order valence-electron chi connectivity index (χ0n) is 12.6. The quantitative estimate of drug-likeness (QED) is 0.298. The highest BCUT2D eigenvalue weighted by Crippen LogP contribution is 2.33. The number of nitrogens with zero attached hydrogens (tertiary/aromatic N) is 1. The zero-order valence-corrected chi connectivity index (χ0v) is 15.5. The normalized spacial score (nSPS) is 10.6. The van der Waals surface area contributed by atoms with Crippen LogP contribution >= 0.6 is 34.2 Å². The fraction of sp³-hybridized carbons (Fsp3) is 0.125. The molecule has 0 aliphatic rings. The Hall–Kier alpha value is -2.00. The topological polar surface area (TPSA) is 80.2 Å². The highest BCUT2D eigenvalue weighted by atomic mass is 127. The standard InChI is InChI=1S/C16H14ClIN2O4/c1-23-14-7-10(8-19-22)6-12(18)16(14)24-9-15(21)20-13-5-3-2-4-11(13)17/h2-8,22H,9H2,1H3,(H,20,21)/b19-8+. The molecule has 0 atom stereocenters. The summed E-state index contributed by atoms with van der Waals surface area (Å²) in [5.74, 6) is 0.520. The summed E-state index contributed by atoms with van der Waals surface area (Å²) in [7, 11) is 1.49. The molecule has 0 saturated heterocycles. The third kappa shape index (κ3) is 4.75. The van der Waals surface area contributed by atoms with Crippen molar-refractivity contribution in [1.82, 2.24) is 0 Å². The van der Waals surface area contributed by atoms with Crippen molar-refractivity contribution < 1.29 is 19.5 Å². The Morgan fingerprint density at radius 2 is 2.17 bits per heavy atom. The van der Waals surface area contributed by atoms with E-state index in [0.717, 1.165) is 0 Å². The van der Waals surface area contributed by atoms with Gasteiger partial charge in [-0.25, -0.2) is 0 Å². The number of halogens is 2. The number of rotatable bonds is 6. The van der Waals surface area contributed by atoms with E-state index in [4.69, 9.17) is 26.3 Å². The molecule has 1 amide bonds. The molecule has 6 nitrogen and oxygen atoms in total. The van der Waals surface area contributed by atoms with Crippen molar-refractivity contribution in [3.8, 4) is 11.5 Å². The molecule has 0 heterocycles. The molecule has 2 N–H and O–H groups in total. The monoisotopic (exact) mass is 460 g/mol. The van der Waals surface area contributed by atoms with Gasteiger partial charge in [-0.3, -0.25) is 4.79 Å². The summed E-state index contributed by atoms with van der Waals surface area (Å²) in [4.78, 5) is 12.0. The first-order valence-corrected chi connectivity index (χ1v) is 8.23. The lowest BCUT2D eigenvalue weighted by molar-refractivity contribution is -0.118. The van der Waals surface area contributed by atoms with E-state index >= 15 is 0 Å². The molecule has 0 bridgehead atoms. The van der Waals surface area contributed by atoms with Crippen LogP contribution in [0, 0.1) is 3.57 Å². The van der Waals surface area contributed by atoms with Gasteiger partial charge in [-0.05, 0) is 46.9 Å². The number of carbonyl (C=O) groups is 1. The van der Waals surface area contributed by atoms with Crippen molar-refractivity contribution in [2.45, 2.75) is 0 Å². The number of methoxy groups -OCH3 is 1. The maximum absolute atomic E-state index is 12.0. The van der Waals surface area contributed by atoms with Gasteiger partial charge < -0.3 is 20.0 Å². The van der Waals surface area contributed by atoms with Gasteiger partial charge in [-0.1, -0.05) is 28.9 Å². The molecule has 0 fully saturated rings. The Labute approximate surface area is 157 Å². The first-order chi connectivity index (χ1) is 11.5. The van der Waals surface area contributed by atoms with E-state index in [1.54, 1.807) is 36.4 Å². The lowest BCUT2D eigenvalue weighted by atomic mass is 10.2. The molecular weight excluding hydrogens is 447 g/mol. The number of benzene rings is 2. The number of carbonyl (C=O) groups excluding carboxylic acids is 1. The summed E-state index contributed by atoms with van der Waals surface area (Å²) >= 11 is 8.05. The van der Waals surface area contributed by atoms with Gasteiger partial charge in [0.05, 0.1) is 27.6 Å². The summed E-state index contributed by atoms with van der Waals surface area (Å²) < 4.78 is 11.5. The minimum atomic E-state index is -0.345. The summed E-state index contributed by atoms with van der Waals surface area (Å²) in [5, 5.41) is 14.7. The summed E-state index contributed by atoms with van der Waals surface area (Å²) in [6, 6.07) is 10.3. The van der Waals surface area contributed by atoms with Gasteiger partial charge in [0.25, 0.3) is 5.91 Å². The Balaban J connectivity index is 2.08. The first kappa shape index (κ1) is 18.3. The third-order valence-electron chi connectivity index (χ3n) is 2.95. The van der Waals surface area contributed by atoms with E-state index in [0.29, 0.717) is 31.3 Å². The molecule has 8 heteroatoms. The molecule has 0 spiro atoms. The second-order valence-electron chi connectivity index (χ2n) is 4.60. The van der Waals surface area contributed by atoms with Crippen molar-refractivity contribution in [1.29, 1.82) is 0 Å². The van der Waals surface area contributed by atoms with Crippen molar-refractivity contribution in [2.75, 3.05) is 19.0 Å². The van der Waals surface area contributed by atoms with Crippen molar-refractivity contribution in [2.24, 2.45) is 5.16 Å². The van der Waals surface area contributed by atoms with Crippen LogP contribution < -0.4 is 14.8 Å². The van der Waals surface area contributed by atoms with Crippen LogP contribution in [0.3, 0.4) is 0 Å². The van der Waals surface area contributed by atoms with E-state index in [1.165, 1.54) is 13.3 Å². The Morgan fingerprint density at radius 3 is 2.83 bits per heavy atom. The van der Waals surface area contributed by atoms with E-state index in [1.807, 2.05) is 22.6 Å². The number of anilines is 1. The first-order valence-electron chi connectivity index (χ1n) is 6.77. The van der Waals surface area contributed by atoms with Gasteiger partial charge in [-0.15, -0.1) is 0 Å². The van der Waals surface area contributed by atoms with Gasteiger partial charge in [0.1, 0.15) is 0 Å². The number of para-hydroxylation sites is 1. The molecule has 0 unspecified atom stereocenters. The van der Waals surface area contributed by atoms with Crippen LogP contribution in [-0.4, -0.2) is 31.0 Å². The predicted octanol–water partition coefficient (Wildman–Crippen LogP) is 3.78. The minimum Gasteiger partial charge on any atom is -0.493 e. The zero-order chi connectivity index (χ0) is 17.5. The number of nitrogens with one attached hydrogen (secondary N) is 1. The molecular formula is C16H14ClIN2O4. The number of ether oxygens (including phenoxy) is 2. The maximum atomic E-state index is 12.0. The van der Waals surface area contributed by atoms with Crippen LogP contribution in [0.2, 0.25) is 5.02 Å². The number of oxime groups is 1. The highest BCUT2D eigenvalue weighted by Gasteiger charge is 2.14. The van der Waals surface area contributed by atoms with Crippen LogP contribution in [0.1, 0.15) is 5.56 Å². The van der Waals surface area contributed by atoms with Crippen LogP contribution in [0.5, 0.6) is 11.5 Å². The van der Waals surface area contributed by atoms with Crippen molar-refractivity contribution in [3.63, 3.8) is 0 Å². The van der Waals surface area contributed by atoms with Gasteiger partial charge in [-0.2, -0.15) is 0 Å². The largest absolute Gasteiger partial charge is 0.493 e. The Morgan fingerprint density at radius 1 is 1.42 bits per heavy atom. The molecule has 24 heavy (non-hydrogen) atoms. The minimum absolute atomic E-state index is 0.203. The molecule has 0 aromatic heterocycles. The number of hydrogen-bond acceptors (Lipinski definition) is 5. The predicted molar refractivity (Wildman–Crippen MR) is 101 cm³/mol. The molecule has 2 aromatic rings. The second-order valence-corrected chi connectivity index (χ2v) is 6.16. The van der Waals surface area contributed by atoms with E-state index in [2.05, 4.69) is 10.5 Å². The molecule has 0 aliphatic carbocycles. The van der Waals surface area contributed by atoms with Crippen LogP contribution in [0.15, 0.2) is 41.6 Å². The molecule has 0 aliphatic heterocycles. The smallest absolute Gasteiger partial charge is 0.262 e. The van der Waals surface area contributed by atoms with Crippen molar-refractivity contribution in [3.05, 3.63) is 50.6 Å². The van der Waals surface area contributed by atoms with Crippen LogP contribution in [0.4, 0.5) is 5.69 Å². The average molecular weight is 461 g/mol. The fourth-order valence-electron chi connectivity index (χ4n) is 1.91. The molecule has 0 radical (unpaired) electrons. The van der Waals surface area contributed by atoms with Gasteiger partial charge in [0, 0.05) is 5.56 Å². The van der Waals surface area contributed by atoms with Gasteiger partial charge in [0.2, 0.25) is 0 Å². The highest BCUT2D eigenvalue weighted by molar-refractivity contribution is 14.1. The van der Waals surface area contributed by atoms with Crippen LogP contribution in [-0.2, 0) is 4.79 Å². The third-order valence-corrected chi connectivity index (χ3v) is 4.09. The Kier molecular flexibility index (Phi) is 6.68. The van der Waals surface area contributed by atoms with Crippen molar-refractivity contribution >= 4 is 52.0 Å². The van der Waals surface area contributed by atoms with Gasteiger partial charge >= 0.3 is 0 Å². The lowest BCUT2D eigenvalue weighted by Gasteiger charge is -2.13. The molecule has 0 saturated carbocycles. The van der Waals surface area contributed by atoms with E-state index in [9.17, 15) is 4.79 Å². The number of hydrogen-bond donors (Lipinski definition) is 2. The Bertz CT molecular complexity index is 768. The summed E-state index contributed by atoms with van der Waals surface area (Å²) in [6.45, 7) is -0.203. The van der Waals surface area contributed by atoms with E-state index in [-0.39, 0.29) is 12.5 Å². The second kappa shape index (κ2) is 8.74. The van der Waals surface area contributed by atoms with E-state index < -0.39 is 0 Å². The fourth-order valence-corrected chi connectivity index (χ4v) is 2.87. The maximum Gasteiger partial charge on any atom is 0.262 e. The van der Waals surface area contributed by atoms with Crippen LogP contribution in [0.25, 0.3) is 0 Å².